The second-order valence-corrected chi connectivity index (χ2v) is 6.00. The largest absolute Gasteiger partial charge is 0.373 e. The van der Waals surface area contributed by atoms with Gasteiger partial charge in [-0.2, -0.15) is 0 Å². The van der Waals surface area contributed by atoms with E-state index < -0.39 is 5.82 Å². The molecular weight excluding hydrogens is 259 g/mol. The van der Waals surface area contributed by atoms with Crippen LogP contribution in [0.2, 0.25) is 0 Å². The first-order chi connectivity index (χ1) is 9.58. The molecule has 1 atom stereocenters. The fourth-order valence-electron chi connectivity index (χ4n) is 3.08. The lowest BCUT2D eigenvalue weighted by molar-refractivity contribution is -0.0157. The third-order valence-electron chi connectivity index (χ3n) is 4.48. The molecule has 0 saturated carbocycles. The molecule has 0 radical (unpaired) electrons. The van der Waals surface area contributed by atoms with Crippen LogP contribution in [0.5, 0.6) is 0 Å². The van der Waals surface area contributed by atoms with Gasteiger partial charge in [0.1, 0.15) is 0 Å². The van der Waals surface area contributed by atoms with Crippen LogP contribution >= 0.6 is 0 Å². The molecule has 2 aliphatic rings. The Morgan fingerprint density at radius 2 is 1.95 bits per heavy atom. The fourth-order valence-corrected chi connectivity index (χ4v) is 3.08. The Bertz CT molecular complexity index is 457. The number of nitrogens with zero attached hydrogens (tertiary/aromatic N) is 4. The second kappa shape index (κ2) is 5.26. The Balaban J connectivity index is 1.61. The van der Waals surface area contributed by atoms with Gasteiger partial charge in [0.25, 0.3) is 0 Å². The zero-order valence-electron chi connectivity index (χ0n) is 12.0. The molecule has 0 amide bonds. The van der Waals surface area contributed by atoms with E-state index in [4.69, 9.17) is 4.74 Å². The first-order valence-electron chi connectivity index (χ1n) is 7.11. The number of aromatic nitrogens is 2. The number of ether oxygens (including phenoxy) is 1. The Morgan fingerprint density at radius 1 is 1.30 bits per heavy atom. The summed E-state index contributed by atoms with van der Waals surface area (Å²) in [5.74, 6) is 0.221. The van der Waals surface area contributed by atoms with Gasteiger partial charge in [0.05, 0.1) is 24.6 Å². The SMILES string of the molecule is CN(C)C1COC2(CCN(c3ncc(F)cn3)CC2)C1. The third kappa shape index (κ3) is 2.62. The minimum Gasteiger partial charge on any atom is -0.373 e. The molecule has 0 N–H and O–H groups in total. The van der Waals surface area contributed by atoms with Crippen molar-refractivity contribution in [1.82, 2.24) is 14.9 Å². The Morgan fingerprint density at radius 3 is 2.50 bits per heavy atom. The van der Waals surface area contributed by atoms with Gasteiger partial charge in [-0.1, -0.05) is 0 Å². The molecule has 3 rings (SSSR count). The normalized spacial score (nSPS) is 25.6. The molecule has 2 fully saturated rings. The van der Waals surface area contributed by atoms with Gasteiger partial charge in [-0.25, -0.2) is 14.4 Å². The Labute approximate surface area is 118 Å². The van der Waals surface area contributed by atoms with Crippen molar-refractivity contribution >= 4 is 5.95 Å². The van der Waals surface area contributed by atoms with Crippen LogP contribution < -0.4 is 4.90 Å². The van der Waals surface area contributed by atoms with Crippen molar-refractivity contribution in [2.75, 3.05) is 38.7 Å². The summed E-state index contributed by atoms with van der Waals surface area (Å²) >= 11 is 0. The summed E-state index contributed by atoms with van der Waals surface area (Å²) < 4.78 is 18.9. The van der Waals surface area contributed by atoms with Crippen molar-refractivity contribution in [3.05, 3.63) is 18.2 Å². The number of likely N-dealkylation sites (N-methyl/N-ethyl adjacent to an activating group) is 1. The molecule has 5 nitrogen and oxygen atoms in total. The topological polar surface area (TPSA) is 41.5 Å². The van der Waals surface area contributed by atoms with Crippen molar-refractivity contribution in [2.45, 2.75) is 30.9 Å². The van der Waals surface area contributed by atoms with E-state index in [1.54, 1.807) is 0 Å². The summed E-state index contributed by atoms with van der Waals surface area (Å²) in [5, 5.41) is 0. The maximum Gasteiger partial charge on any atom is 0.225 e. The van der Waals surface area contributed by atoms with Crippen LogP contribution in [0.4, 0.5) is 10.3 Å². The van der Waals surface area contributed by atoms with E-state index >= 15 is 0 Å². The van der Waals surface area contributed by atoms with E-state index in [1.807, 2.05) is 0 Å². The molecule has 20 heavy (non-hydrogen) atoms. The van der Waals surface area contributed by atoms with Crippen LogP contribution in [-0.4, -0.2) is 60.3 Å². The molecule has 110 valence electrons. The molecule has 1 aromatic heterocycles. The van der Waals surface area contributed by atoms with Gasteiger partial charge >= 0.3 is 0 Å². The first kappa shape index (κ1) is 13.7. The standard InChI is InChI=1S/C14H21FN4O/c1-18(2)12-7-14(20-10-12)3-5-19(6-4-14)13-16-8-11(15)9-17-13/h8-9,12H,3-7,10H2,1-2H3. The maximum absolute atomic E-state index is 12.8. The molecule has 3 heterocycles. The molecule has 1 unspecified atom stereocenters. The van der Waals surface area contributed by atoms with E-state index in [9.17, 15) is 4.39 Å². The molecule has 1 spiro atoms. The first-order valence-corrected chi connectivity index (χ1v) is 7.11. The van der Waals surface area contributed by atoms with Crippen LogP contribution in [-0.2, 0) is 4.74 Å². The lowest BCUT2D eigenvalue weighted by atomic mass is 9.87. The zero-order chi connectivity index (χ0) is 14.2. The Hall–Kier alpha value is -1.27. The molecule has 1 aromatic rings. The average Bonchev–Trinajstić information content (AvgIpc) is 2.85. The predicted molar refractivity (Wildman–Crippen MR) is 74.2 cm³/mol. The lowest BCUT2D eigenvalue weighted by Crippen LogP contribution is -2.45. The van der Waals surface area contributed by atoms with E-state index in [2.05, 4.69) is 33.9 Å². The van der Waals surface area contributed by atoms with Crippen LogP contribution in [0, 0.1) is 5.82 Å². The third-order valence-corrected chi connectivity index (χ3v) is 4.48. The summed E-state index contributed by atoms with van der Waals surface area (Å²) in [6, 6.07) is 0.517. The van der Waals surface area contributed by atoms with Crippen molar-refractivity contribution in [2.24, 2.45) is 0 Å². The highest BCUT2D eigenvalue weighted by atomic mass is 19.1. The van der Waals surface area contributed by atoms with Crippen LogP contribution in [0.25, 0.3) is 0 Å². The van der Waals surface area contributed by atoms with Gasteiger partial charge in [-0.05, 0) is 33.4 Å². The van der Waals surface area contributed by atoms with Gasteiger partial charge in [0, 0.05) is 19.1 Å². The number of hydrogen-bond acceptors (Lipinski definition) is 5. The molecule has 0 aromatic carbocycles. The van der Waals surface area contributed by atoms with Gasteiger partial charge in [-0.3, -0.25) is 0 Å². The molecule has 6 heteroatoms. The van der Waals surface area contributed by atoms with Gasteiger partial charge < -0.3 is 14.5 Å². The quantitative estimate of drug-likeness (QED) is 0.817. The van der Waals surface area contributed by atoms with Crippen molar-refractivity contribution in [1.29, 1.82) is 0 Å². The highest BCUT2D eigenvalue weighted by molar-refractivity contribution is 5.30. The molecule has 0 bridgehead atoms. The van der Waals surface area contributed by atoms with Crippen LogP contribution in [0.15, 0.2) is 12.4 Å². The van der Waals surface area contributed by atoms with Gasteiger partial charge in [0.15, 0.2) is 5.82 Å². The molecule has 0 aliphatic carbocycles. The highest BCUT2D eigenvalue weighted by Crippen LogP contribution is 2.37. The zero-order valence-corrected chi connectivity index (χ0v) is 12.0. The van der Waals surface area contributed by atoms with E-state index in [-0.39, 0.29) is 5.60 Å². The van der Waals surface area contributed by atoms with Crippen molar-refractivity contribution in [3.63, 3.8) is 0 Å². The minimum absolute atomic E-state index is 0.0193. The number of halogens is 1. The lowest BCUT2D eigenvalue weighted by Gasteiger charge is -2.38. The predicted octanol–water partition coefficient (Wildman–Crippen LogP) is 1.31. The summed E-state index contributed by atoms with van der Waals surface area (Å²) in [6.45, 7) is 2.55. The van der Waals surface area contributed by atoms with E-state index in [0.29, 0.717) is 12.0 Å². The van der Waals surface area contributed by atoms with E-state index in [0.717, 1.165) is 39.0 Å². The minimum atomic E-state index is -0.393. The molecule has 2 saturated heterocycles. The number of piperidine rings is 1. The van der Waals surface area contributed by atoms with Gasteiger partial charge in [-0.15, -0.1) is 0 Å². The monoisotopic (exact) mass is 280 g/mol. The van der Waals surface area contributed by atoms with Crippen molar-refractivity contribution in [3.8, 4) is 0 Å². The maximum atomic E-state index is 12.8. The average molecular weight is 280 g/mol. The molecule has 2 aliphatic heterocycles. The number of rotatable bonds is 2. The number of hydrogen-bond donors (Lipinski definition) is 0. The second-order valence-electron chi connectivity index (χ2n) is 6.00. The fraction of sp³-hybridized carbons (Fsp3) is 0.714. The van der Waals surface area contributed by atoms with Crippen LogP contribution in [0.1, 0.15) is 19.3 Å². The summed E-state index contributed by atoms with van der Waals surface area (Å²) in [7, 11) is 4.21. The van der Waals surface area contributed by atoms with Crippen LogP contribution in [0.3, 0.4) is 0 Å². The summed E-state index contributed by atoms with van der Waals surface area (Å²) in [4.78, 5) is 12.5. The Kier molecular flexibility index (Phi) is 3.60. The summed E-state index contributed by atoms with van der Waals surface area (Å²) in [6.07, 6.45) is 5.51. The summed E-state index contributed by atoms with van der Waals surface area (Å²) in [5.41, 5.74) is 0.0193. The number of anilines is 1. The van der Waals surface area contributed by atoms with E-state index in [1.165, 1.54) is 12.4 Å². The van der Waals surface area contributed by atoms with Gasteiger partial charge in [0.2, 0.25) is 5.95 Å². The van der Waals surface area contributed by atoms with Crippen molar-refractivity contribution < 1.29 is 9.13 Å². The molecular formula is C14H21FN4O. The highest BCUT2D eigenvalue weighted by Gasteiger charge is 2.43. The smallest absolute Gasteiger partial charge is 0.225 e.